The molecule has 0 aliphatic carbocycles. The third-order valence-electron chi connectivity index (χ3n) is 1.16. The molecule has 0 unspecified atom stereocenters. The Labute approximate surface area is 139 Å². The van der Waals surface area contributed by atoms with Crippen molar-refractivity contribution >= 4 is 0 Å². The molecule has 8 nitrogen and oxygen atoms in total. The third kappa shape index (κ3) is 115. The maximum absolute atomic E-state index is 4.90. The first-order valence-electron chi connectivity index (χ1n) is 4.24. The van der Waals surface area contributed by atoms with Gasteiger partial charge in [-0.15, -0.1) is 0 Å². The third-order valence-corrected chi connectivity index (χ3v) is 1.16. The van der Waals surface area contributed by atoms with Gasteiger partial charge in [0.25, 0.3) is 0 Å². The molecular weight excluding hydrogens is 346 g/mol. The molecule has 11 heteroatoms. The molecular formula is C8H34Cl2N4NiO4+2. The van der Waals surface area contributed by atoms with Crippen molar-refractivity contribution in [2.24, 2.45) is 11.5 Å². The smallest absolute Gasteiger partial charge is 1.00 e. The van der Waals surface area contributed by atoms with Gasteiger partial charge in [0.05, 0.1) is 0 Å². The summed E-state index contributed by atoms with van der Waals surface area (Å²) in [6.45, 7) is 3.49. The molecule has 0 atom stereocenters. The Morgan fingerprint density at radius 1 is 0.684 bits per heavy atom. The maximum Gasteiger partial charge on any atom is 2.00 e. The molecule has 0 aliphatic heterocycles. The molecule has 0 saturated carbocycles. The maximum atomic E-state index is 4.90. The zero-order valence-electron chi connectivity index (χ0n) is 12.1. The number of likely N-dealkylation sites (N-methyl/N-ethyl adjacent to an activating group) is 2. The van der Waals surface area contributed by atoms with Crippen molar-refractivity contribution in [1.29, 1.82) is 0 Å². The second kappa shape index (κ2) is 51.1. The second-order valence-corrected chi connectivity index (χ2v) is 3.18. The number of nitrogens with two attached hydrogens (primary N) is 2. The van der Waals surface area contributed by atoms with E-state index in [0.717, 1.165) is 13.1 Å². The van der Waals surface area contributed by atoms with E-state index < -0.39 is 0 Å². The minimum absolute atomic E-state index is 0. The Bertz CT molecular complexity index is 91.1. The summed E-state index contributed by atoms with van der Waals surface area (Å²) in [6.07, 6.45) is 0. The summed E-state index contributed by atoms with van der Waals surface area (Å²) in [4.78, 5) is 4.36. The molecule has 132 valence electrons. The first kappa shape index (κ1) is 60.1. The van der Waals surface area contributed by atoms with Crippen molar-refractivity contribution < 1.29 is 63.2 Å². The van der Waals surface area contributed by atoms with Crippen LogP contribution in [0.3, 0.4) is 0 Å². The molecule has 0 bridgehead atoms. The Hall–Kier alpha value is 0.754. The van der Waals surface area contributed by atoms with Crippen molar-refractivity contribution in [3.8, 4) is 0 Å². The summed E-state index contributed by atoms with van der Waals surface area (Å²) in [5.41, 5.74) is 9.81. The van der Waals surface area contributed by atoms with Gasteiger partial charge >= 0.3 is 16.5 Å². The summed E-state index contributed by atoms with van der Waals surface area (Å²) < 4.78 is 0. The molecule has 0 heterocycles. The van der Waals surface area contributed by atoms with Crippen LogP contribution in [0.4, 0.5) is 0 Å². The summed E-state index contributed by atoms with van der Waals surface area (Å²) in [7, 11) is 8.35. The van der Waals surface area contributed by atoms with E-state index in [0.29, 0.717) is 13.1 Å². The summed E-state index contributed by atoms with van der Waals surface area (Å²) in [5.74, 6) is 0. The van der Waals surface area contributed by atoms with Crippen molar-refractivity contribution in [3.63, 3.8) is 0 Å². The predicted octanol–water partition coefficient (Wildman–Crippen LogP) is -10.5. The molecule has 0 spiro atoms. The van der Waals surface area contributed by atoms with E-state index in [9.17, 15) is 0 Å². The van der Waals surface area contributed by atoms with E-state index in [1.807, 2.05) is 0 Å². The molecule has 0 fully saturated rings. The fourth-order valence-electron chi connectivity index (χ4n) is 0.400. The Morgan fingerprint density at radius 3 is 0.895 bits per heavy atom. The molecule has 0 aromatic rings. The minimum atomic E-state index is 0. The zero-order valence-corrected chi connectivity index (χ0v) is 14.6. The van der Waals surface area contributed by atoms with Crippen LogP contribution in [0.15, 0.2) is 0 Å². The molecule has 0 aromatic carbocycles. The van der Waals surface area contributed by atoms with E-state index in [1.165, 1.54) is 0 Å². The number of rotatable bonds is 4. The van der Waals surface area contributed by atoms with Gasteiger partial charge in [0.1, 0.15) is 0 Å². The van der Waals surface area contributed by atoms with Gasteiger partial charge in [0.2, 0.25) is 0 Å². The SMILES string of the molecule is CN(C)CCN(C)C.NCCN.O.O.[Cl-].[Cl-].[Ni+2].[OH3+].[OH3+]. The summed E-state index contributed by atoms with van der Waals surface area (Å²) in [6, 6.07) is 0. The average molecular weight is 380 g/mol. The van der Waals surface area contributed by atoms with Gasteiger partial charge in [-0.2, -0.15) is 0 Å². The molecule has 0 rings (SSSR count). The number of nitrogens with zero attached hydrogens (tertiary/aromatic N) is 2. The van der Waals surface area contributed by atoms with Gasteiger partial charge in [0, 0.05) is 26.2 Å². The summed E-state index contributed by atoms with van der Waals surface area (Å²) >= 11 is 0. The van der Waals surface area contributed by atoms with Crippen molar-refractivity contribution in [3.05, 3.63) is 0 Å². The van der Waals surface area contributed by atoms with Gasteiger partial charge in [-0.3, -0.25) is 0 Å². The number of halogens is 2. The van der Waals surface area contributed by atoms with Crippen LogP contribution in [0.2, 0.25) is 0 Å². The van der Waals surface area contributed by atoms with Crippen LogP contribution in [0.25, 0.3) is 0 Å². The zero-order chi connectivity index (χ0) is 9.98. The van der Waals surface area contributed by atoms with E-state index in [4.69, 9.17) is 11.5 Å². The monoisotopic (exact) mass is 378 g/mol. The van der Waals surface area contributed by atoms with Gasteiger partial charge in [-0.1, -0.05) is 0 Å². The quantitative estimate of drug-likeness (QED) is 0.362. The van der Waals surface area contributed by atoms with E-state index >= 15 is 0 Å². The standard InChI is InChI=1S/C6H16N2.C2H8N2.2ClH.Ni.4H2O/c1-7(2)5-6-8(3)4;3-1-2-4;;;;;;;/h5-6H2,1-4H3;1-4H2;2*1H;;4*1H2/q;;;;+2;;;;. The van der Waals surface area contributed by atoms with Crippen molar-refractivity contribution in [2.45, 2.75) is 0 Å². The Morgan fingerprint density at radius 2 is 0.842 bits per heavy atom. The fourth-order valence-corrected chi connectivity index (χ4v) is 0.400. The average Bonchev–Trinajstić information content (AvgIpc) is 2.01. The van der Waals surface area contributed by atoms with Gasteiger partial charge < -0.3 is 68.0 Å². The number of hydrogen-bond donors (Lipinski definition) is 2. The van der Waals surface area contributed by atoms with Crippen LogP contribution < -0.4 is 36.3 Å². The fraction of sp³-hybridized carbons (Fsp3) is 1.00. The van der Waals surface area contributed by atoms with E-state index in [-0.39, 0.29) is 63.2 Å². The van der Waals surface area contributed by atoms with Gasteiger partial charge in [-0.25, -0.2) is 0 Å². The van der Waals surface area contributed by atoms with Crippen LogP contribution in [0, 0.1) is 0 Å². The Balaban J connectivity index is -0.0000000119. The van der Waals surface area contributed by atoms with Crippen molar-refractivity contribution in [2.75, 3.05) is 54.4 Å². The van der Waals surface area contributed by atoms with Gasteiger partial charge in [0.15, 0.2) is 0 Å². The number of hydrogen-bond acceptors (Lipinski definition) is 4. The molecule has 0 amide bonds. The van der Waals surface area contributed by atoms with Crippen LogP contribution >= 0.6 is 0 Å². The predicted molar refractivity (Wildman–Crippen MR) is 72.2 cm³/mol. The molecule has 19 heavy (non-hydrogen) atoms. The van der Waals surface area contributed by atoms with Crippen LogP contribution in [-0.2, 0) is 27.4 Å². The topological polar surface area (TPSA) is 188 Å². The van der Waals surface area contributed by atoms with Crippen LogP contribution in [0.5, 0.6) is 0 Å². The van der Waals surface area contributed by atoms with Crippen LogP contribution in [-0.4, -0.2) is 75.1 Å². The summed E-state index contributed by atoms with van der Waals surface area (Å²) in [5, 5.41) is 0. The molecule has 0 aliphatic rings. The minimum Gasteiger partial charge on any atom is -1.00 e. The molecule has 0 aromatic heterocycles. The Kier molecular flexibility index (Phi) is 162. The molecule has 14 N–H and O–H groups in total. The molecule has 0 radical (unpaired) electrons. The van der Waals surface area contributed by atoms with Crippen LogP contribution in [0.1, 0.15) is 0 Å². The van der Waals surface area contributed by atoms with E-state index in [2.05, 4.69) is 38.0 Å². The molecule has 0 saturated heterocycles. The normalized spacial score (nSPS) is 6.32. The van der Waals surface area contributed by atoms with Gasteiger partial charge in [-0.05, 0) is 28.2 Å². The van der Waals surface area contributed by atoms with E-state index in [1.54, 1.807) is 0 Å². The second-order valence-electron chi connectivity index (χ2n) is 3.18. The first-order chi connectivity index (χ1) is 5.54. The largest absolute Gasteiger partial charge is 2.00 e. The van der Waals surface area contributed by atoms with Crippen molar-refractivity contribution in [1.82, 2.24) is 9.80 Å². The first-order valence-corrected chi connectivity index (χ1v) is 4.24.